The van der Waals surface area contributed by atoms with Crippen LogP contribution >= 0.6 is 0 Å². The van der Waals surface area contributed by atoms with Crippen molar-refractivity contribution in [2.75, 3.05) is 31.7 Å². The number of aromatic nitrogens is 1. The highest BCUT2D eigenvalue weighted by Gasteiger charge is 2.27. The number of esters is 1. The Kier molecular flexibility index (Phi) is 4.60. The Morgan fingerprint density at radius 2 is 2.37 bits per heavy atom. The van der Waals surface area contributed by atoms with Gasteiger partial charge in [-0.05, 0) is 25.8 Å². The summed E-state index contributed by atoms with van der Waals surface area (Å²) in [7, 11) is 1.60. The summed E-state index contributed by atoms with van der Waals surface area (Å²) in [6, 6.07) is 5.67. The van der Waals surface area contributed by atoms with Crippen molar-refractivity contribution in [1.29, 1.82) is 0 Å². The molecule has 0 aromatic carbocycles. The molecule has 0 saturated carbocycles. The predicted octanol–water partition coefficient (Wildman–Crippen LogP) is 1.87. The molecule has 1 saturated heterocycles. The lowest BCUT2D eigenvalue weighted by Crippen LogP contribution is -2.39. The van der Waals surface area contributed by atoms with Gasteiger partial charge < -0.3 is 14.4 Å². The monoisotopic (exact) mass is 264 g/mol. The van der Waals surface area contributed by atoms with E-state index >= 15 is 0 Å². The summed E-state index contributed by atoms with van der Waals surface area (Å²) in [6.07, 6.45) is 1.86. The second-order valence-electron chi connectivity index (χ2n) is 4.58. The lowest BCUT2D eigenvalue weighted by molar-refractivity contribution is -0.148. The smallest absolute Gasteiger partial charge is 0.310 e. The van der Waals surface area contributed by atoms with E-state index in [2.05, 4.69) is 9.88 Å². The van der Waals surface area contributed by atoms with Gasteiger partial charge in [-0.1, -0.05) is 6.07 Å². The number of pyridine rings is 1. The van der Waals surface area contributed by atoms with Crippen molar-refractivity contribution < 1.29 is 14.3 Å². The number of hydrogen-bond donors (Lipinski definition) is 0. The lowest BCUT2D eigenvalue weighted by atomic mass is 9.98. The van der Waals surface area contributed by atoms with Crippen LogP contribution in [0.5, 0.6) is 5.88 Å². The average molecular weight is 264 g/mol. The van der Waals surface area contributed by atoms with E-state index in [1.165, 1.54) is 0 Å². The minimum absolute atomic E-state index is 0.0540. The maximum absolute atomic E-state index is 11.8. The van der Waals surface area contributed by atoms with Crippen LogP contribution in [-0.2, 0) is 9.53 Å². The fourth-order valence-electron chi connectivity index (χ4n) is 2.33. The zero-order valence-corrected chi connectivity index (χ0v) is 11.5. The van der Waals surface area contributed by atoms with E-state index in [1.807, 2.05) is 25.1 Å². The Balaban J connectivity index is 2.05. The molecule has 104 valence electrons. The Labute approximate surface area is 113 Å². The third-order valence-electron chi connectivity index (χ3n) is 3.28. The van der Waals surface area contributed by atoms with Crippen LogP contribution in [-0.4, -0.2) is 37.8 Å². The fraction of sp³-hybridized carbons (Fsp3) is 0.571. The fourth-order valence-corrected chi connectivity index (χ4v) is 2.33. The minimum atomic E-state index is -0.102. The SMILES string of the molecule is CCOC(=O)C1CCCN(c2cccc(OC)n2)C1. The first-order valence-electron chi connectivity index (χ1n) is 6.67. The van der Waals surface area contributed by atoms with Crippen LogP contribution in [0.25, 0.3) is 0 Å². The van der Waals surface area contributed by atoms with Gasteiger partial charge in [0, 0.05) is 19.2 Å². The van der Waals surface area contributed by atoms with Crippen LogP contribution in [0.15, 0.2) is 18.2 Å². The second kappa shape index (κ2) is 6.41. The van der Waals surface area contributed by atoms with Crippen molar-refractivity contribution in [1.82, 2.24) is 4.98 Å². The van der Waals surface area contributed by atoms with Crippen LogP contribution in [0.1, 0.15) is 19.8 Å². The lowest BCUT2D eigenvalue weighted by Gasteiger charge is -2.32. The molecule has 0 aliphatic carbocycles. The number of anilines is 1. The van der Waals surface area contributed by atoms with Crippen molar-refractivity contribution in [3.05, 3.63) is 18.2 Å². The maximum atomic E-state index is 11.8. The minimum Gasteiger partial charge on any atom is -0.481 e. The number of nitrogens with zero attached hydrogens (tertiary/aromatic N) is 2. The summed E-state index contributed by atoms with van der Waals surface area (Å²) in [4.78, 5) is 18.3. The standard InChI is InChI=1S/C14H20N2O3/c1-3-19-14(17)11-6-5-9-16(10-11)12-7-4-8-13(15-12)18-2/h4,7-8,11H,3,5-6,9-10H2,1-2H3. The van der Waals surface area contributed by atoms with E-state index in [4.69, 9.17) is 9.47 Å². The number of hydrogen-bond acceptors (Lipinski definition) is 5. The van der Waals surface area contributed by atoms with Crippen LogP contribution in [0.2, 0.25) is 0 Å². The number of methoxy groups -OCH3 is 1. The Hall–Kier alpha value is -1.78. The molecule has 5 heteroatoms. The third-order valence-corrected chi connectivity index (χ3v) is 3.28. The van der Waals surface area contributed by atoms with Crippen molar-refractivity contribution in [2.45, 2.75) is 19.8 Å². The number of ether oxygens (including phenoxy) is 2. The predicted molar refractivity (Wildman–Crippen MR) is 72.4 cm³/mol. The van der Waals surface area contributed by atoms with E-state index < -0.39 is 0 Å². The first-order chi connectivity index (χ1) is 9.24. The zero-order valence-electron chi connectivity index (χ0n) is 11.5. The quantitative estimate of drug-likeness (QED) is 0.777. The van der Waals surface area contributed by atoms with E-state index in [9.17, 15) is 4.79 Å². The van der Waals surface area contributed by atoms with Crippen molar-refractivity contribution in [3.8, 4) is 5.88 Å². The molecular weight excluding hydrogens is 244 g/mol. The molecule has 19 heavy (non-hydrogen) atoms. The molecule has 0 N–H and O–H groups in total. The molecule has 0 bridgehead atoms. The molecule has 0 radical (unpaired) electrons. The van der Waals surface area contributed by atoms with Crippen LogP contribution < -0.4 is 9.64 Å². The Morgan fingerprint density at radius 3 is 3.11 bits per heavy atom. The molecule has 1 fully saturated rings. The van der Waals surface area contributed by atoms with Gasteiger partial charge >= 0.3 is 5.97 Å². The summed E-state index contributed by atoms with van der Waals surface area (Å²) in [5.74, 6) is 1.29. The Morgan fingerprint density at radius 1 is 1.53 bits per heavy atom. The summed E-state index contributed by atoms with van der Waals surface area (Å²) in [5.41, 5.74) is 0. The van der Waals surface area contributed by atoms with Crippen molar-refractivity contribution in [3.63, 3.8) is 0 Å². The van der Waals surface area contributed by atoms with Gasteiger partial charge in [0.25, 0.3) is 0 Å². The third kappa shape index (κ3) is 3.36. The molecule has 1 atom stereocenters. The topological polar surface area (TPSA) is 51.7 Å². The molecule has 1 aromatic rings. The first-order valence-corrected chi connectivity index (χ1v) is 6.67. The van der Waals surface area contributed by atoms with Gasteiger partial charge in [-0.25, -0.2) is 0 Å². The van der Waals surface area contributed by atoms with E-state index in [0.29, 0.717) is 19.0 Å². The molecule has 1 aliphatic heterocycles. The summed E-state index contributed by atoms with van der Waals surface area (Å²) in [6.45, 7) is 3.85. The van der Waals surface area contributed by atoms with Gasteiger partial charge in [-0.15, -0.1) is 0 Å². The summed E-state index contributed by atoms with van der Waals surface area (Å²) < 4.78 is 10.2. The molecule has 0 amide bonds. The number of carbonyl (C=O) groups is 1. The molecule has 2 heterocycles. The van der Waals surface area contributed by atoms with Crippen molar-refractivity contribution in [2.24, 2.45) is 5.92 Å². The van der Waals surface area contributed by atoms with Gasteiger partial charge in [0.1, 0.15) is 5.82 Å². The van der Waals surface area contributed by atoms with Gasteiger partial charge in [-0.2, -0.15) is 4.98 Å². The average Bonchev–Trinajstić information content (AvgIpc) is 2.48. The molecule has 5 nitrogen and oxygen atoms in total. The first kappa shape index (κ1) is 13.6. The highest BCUT2D eigenvalue weighted by molar-refractivity contribution is 5.73. The van der Waals surface area contributed by atoms with E-state index in [-0.39, 0.29) is 11.9 Å². The second-order valence-corrected chi connectivity index (χ2v) is 4.58. The maximum Gasteiger partial charge on any atom is 0.310 e. The molecule has 1 aromatic heterocycles. The number of carbonyl (C=O) groups excluding carboxylic acids is 1. The Bertz CT molecular complexity index is 436. The molecule has 0 spiro atoms. The highest BCUT2D eigenvalue weighted by Crippen LogP contribution is 2.23. The summed E-state index contributed by atoms with van der Waals surface area (Å²) in [5, 5.41) is 0. The molecule has 1 aliphatic rings. The van der Waals surface area contributed by atoms with Crippen molar-refractivity contribution >= 4 is 11.8 Å². The molecule has 1 unspecified atom stereocenters. The van der Waals surface area contributed by atoms with Crippen LogP contribution in [0, 0.1) is 5.92 Å². The number of rotatable bonds is 4. The molecular formula is C14H20N2O3. The normalized spacial score (nSPS) is 19.1. The largest absolute Gasteiger partial charge is 0.481 e. The zero-order chi connectivity index (χ0) is 13.7. The number of piperidine rings is 1. The highest BCUT2D eigenvalue weighted by atomic mass is 16.5. The van der Waals surface area contributed by atoms with Gasteiger partial charge in [-0.3, -0.25) is 4.79 Å². The molecule has 2 rings (SSSR count). The van der Waals surface area contributed by atoms with E-state index in [0.717, 1.165) is 25.2 Å². The van der Waals surface area contributed by atoms with Gasteiger partial charge in [0.05, 0.1) is 19.6 Å². The van der Waals surface area contributed by atoms with Crippen LogP contribution in [0.3, 0.4) is 0 Å². The summed E-state index contributed by atoms with van der Waals surface area (Å²) >= 11 is 0. The van der Waals surface area contributed by atoms with Crippen LogP contribution in [0.4, 0.5) is 5.82 Å². The van der Waals surface area contributed by atoms with Gasteiger partial charge in [0.15, 0.2) is 0 Å². The van der Waals surface area contributed by atoms with E-state index in [1.54, 1.807) is 7.11 Å². The van der Waals surface area contributed by atoms with Gasteiger partial charge in [0.2, 0.25) is 5.88 Å².